The number of rotatable bonds is 4. The highest BCUT2D eigenvalue weighted by Crippen LogP contribution is 2.17. The van der Waals surface area contributed by atoms with Gasteiger partial charge in [0.25, 0.3) is 5.91 Å². The number of piperidine rings is 1. The molecule has 0 saturated carbocycles. The van der Waals surface area contributed by atoms with Crippen LogP contribution in [0.25, 0.3) is 0 Å². The van der Waals surface area contributed by atoms with Crippen LogP contribution in [0.15, 0.2) is 24.3 Å². The van der Waals surface area contributed by atoms with Gasteiger partial charge in [-0.05, 0) is 50.5 Å². The Morgan fingerprint density at radius 1 is 1.35 bits per heavy atom. The molecule has 1 fully saturated rings. The van der Waals surface area contributed by atoms with Crippen molar-refractivity contribution in [3.05, 3.63) is 29.8 Å². The third kappa shape index (κ3) is 3.73. The van der Waals surface area contributed by atoms with E-state index in [1.807, 2.05) is 36.1 Å². The monoisotopic (exact) mass is 276 g/mol. The molecule has 4 nitrogen and oxygen atoms in total. The summed E-state index contributed by atoms with van der Waals surface area (Å²) >= 11 is 0. The second-order valence-electron chi connectivity index (χ2n) is 5.49. The molecular weight excluding hydrogens is 252 g/mol. The van der Waals surface area contributed by atoms with Crippen molar-refractivity contribution in [1.82, 2.24) is 4.90 Å². The van der Waals surface area contributed by atoms with Crippen molar-refractivity contribution in [2.24, 2.45) is 5.73 Å². The van der Waals surface area contributed by atoms with Gasteiger partial charge in [-0.25, -0.2) is 0 Å². The zero-order valence-corrected chi connectivity index (χ0v) is 12.3. The number of hydrogen-bond donors (Lipinski definition) is 1. The van der Waals surface area contributed by atoms with Gasteiger partial charge in [0.1, 0.15) is 5.75 Å². The first-order chi connectivity index (χ1) is 9.60. The molecule has 2 N–H and O–H groups in total. The van der Waals surface area contributed by atoms with Gasteiger partial charge >= 0.3 is 0 Å². The van der Waals surface area contributed by atoms with Gasteiger partial charge in [0.15, 0.2) is 0 Å². The second kappa shape index (κ2) is 6.75. The van der Waals surface area contributed by atoms with E-state index in [4.69, 9.17) is 10.5 Å². The molecule has 0 aliphatic carbocycles. The number of carbonyl (C=O) groups is 1. The maximum atomic E-state index is 12.3. The summed E-state index contributed by atoms with van der Waals surface area (Å²) in [6, 6.07) is 7.66. The fourth-order valence-electron chi connectivity index (χ4n) is 2.28. The molecule has 0 aromatic heterocycles. The molecule has 0 spiro atoms. The molecule has 1 amide bonds. The highest BCUT2D eigenvalue weighted by molar-refractivity contribution is 5.94. The number of amides is 1. The number of hydrogen-bond acceptors (Lipinski definition) is 3. The van der Waals surface area contributed by atoms with E-state index in [-0.39, 0.29) is 18.1 Å². The van der Waals surface area contributed by atoms with Crippen molar-refractivity contribution in [3.63, 3.8) is 0 Å². The molecule has 1 aliphatic heterocycles. The van der Waals surface area contributed by atoms with Gasteiger partial charge in [-0.1, -0.05) is 6.92 Å². The number of nitrogens with two attached hydrogens (primary N) is 1. The van der Waals surface area contributed by atoms with E-state index in [2.05, 4.69) is 6.92 Å². The van der Waals surface area contributed by atoms with Crippen molar-refractivity contribution < 1.29 is 9.53 Å². The highest BCUT2D eigenvalue weighted by Gasteiger charge is 2.21. The zero-order chi connectivity index (χ0) is 14.5. The lowest BCUT2D eigenvalue weighted by molar-refractivity contribution is 0.0714. The molecule has 1 saturated heterocycles. The Morgan fingerprint density at radius 2 is 1.95 bits per heavy atom. The predicted octanol–water partition coefficient (Wildman–Crippen LogP) is 2.43. The van der Waals surface area contributed by atoms with E-state index in [1.165, 1.54) is 0 Å². The first-order valence-electron chi connectivity index (χ1n) is 7.41. The first-order valence-corrected chi connectivity index (χ1v) is 7.41. The summed E-state index contributed by atoms with van der Waals surface area (Å²) in [5, 5.41) is 0. The Kier molecular flexibility index (Phi) is 5.01. The SMILES string of the molecule is CCC(C)Oc1ccc(C(=O)N2CCC(N)CC2)cc1. The van der Waals surface area contributed by atoms with E-state index in [0.29, 0.717) is 0 Å². The van der Waals surface area contributed by atoms with Gasteiger partial charge in [-0.2, -0.15) is 0 Å². The van der Waals surface area contributed by atoms with Gasteiger partial charge < -0.3 is 15.4 Å². The van der Waals surface area contributed by atoms with Crippen LogP contribution < -0.4 is 10.5 Å². The summed E-state index contributed by atoms with van der Waals surface area (Å²) in [5.41, 5.74) is 6.58. The molecule has 20 heavy (non-hydrogen) atoms. The minimum absolute atomic E-state index is 0.0898. The van der Waals surface area contributed by atoms with Gasteiger partial charge in [0, 0.05) is 24.7 Å². The quantitative estimate of drug-likeness (QED) is 0.919. The molecule has 4 heteroatoms. The van der Waals surface area contributed by atoms with Crippen LogP contribution in [0, 0.1) is 0 Å². The first kappa shape index (κ1) is 14.9. The van der Waals surface area contributed by atoms with Crippen LogP contribution in [-0.4, -0.2) is 36.0 Å². The lowest BCUT2D eigenvalue weighted by atomic mass is 10.0. The van der Waals surface area contributed by atoms with E-state index >= 15 is 0 Å². The maximum absolute atomic E-state index is 12.3. The highest BCUT2D eigenvalue weighted by atomic mass is 16.5. The second-order valence-corrected chi connectivity index (χ2v) is 5.49. The smallest absolute Gasteiger partial charge is 0.253 e. The van der Waals surface area contributed by atoms with Crippen LogP contribution in [0.4, 0.5) is 0 Å². The van der Waals surface area contributed by atoms with Gasteiger partial charge in [0.2, 0.25) is 0 Å². The van der Waals surface area contributed by atoms with Gasteiger partial charge in [-0.15, -0.1) is 0 Å². The van der Waals surface area contributed by atoms with E-state index in [0.717, 1.165) is 43.7 Å². The number of nitrogens with zero attached hydrogens (tertiary/aromatic N) is 1. The average molecular weight is 276 g/mol. The normalized spacial score (nSPS) is 17.9. The Morgan fingerprint density at radius 3 is 2.50 bits per heavy atom. The van der Waals surface area contributed by atoms with Crippen molar-refractivity contribution in [2.45, 2.75) is 45.3 Å². The lowest BCUT2D eigenvalue weighted by Crippen LogP contribution is -2.42. The summed E-state index contributed by atoms with van der Waals surface area (Å²) in [6.07, 6.45) is 2.94. The van der Waals surface area contributed by atoms with E-state index in [9.17, 15) is 4.79 Å². The minimum Gasteiger partial charge on any atom is -0.491 e. The Hall–Kier alpha value is -1.55. The van der Waals surface area contributed by atoms with Crippen LogP contribution in [0.3, 0.4) is 0 Å². The number of benzene rings is 1. The van der Waals surface area contributed by atoms with E-state index < -0.39 is 0 Å². The van der Waals surface area contributed by atoms with E-state index in [1.54, 1.807) is 0 Å². The molecule has 1 aromatic rings. The molecule has 1 atom stereocenters. The van der Waals surface area contributed by atoms with Crippen molar-refractivity contribution in [3.8, 4) is 5.75 Å². The average Bonchev–Trinajstić information content (AvgIpc) is 2.48. The molecule has 1 aromatic carbocycles. The van der Waals surface area contributed by atoms with Crippen LogP contribution >= 0.6 is 0 Å². The fourth-order valence-corrected chi connectivity index (χ4v) is 2.28. The predicted molar refractivity (Wildman–Crippen MR) is 79.9 cm³/mol. The third-order valence-corrected chi connectivity index (χ3v) is 3.84. The molecule has 2 rings (SSSR count). The summed E-state index contributed by atoms with van der Waals surface area (Å²) < 4.78 is 5.72. The number of carbonyl (C=O) groups excluding carboxylic acids is 1. The Labute approximate surface area is 120 Å². The molecule has 0 bridgehead atoms. The summed E-state index contributed by atoms with van der Waals surface area (Å²) in [6.45, 7) is 5.63. The van der Waals surface area contributed by atoms with Crippen molar-refractivity contribution in [2.75, 3.05) is 13.1 Å². The minimum atomic E-state index is 0.0898. The summed E-state index contributed by atoms with van der Waals surface area (Å²) in [7, 11) is 0. The van der Waals surface area contributed by atoms with Crippen LogP contribution in [0.2, 0.25) is 0 Å². The molecule has 0 radical (unpaired) electrons. The van der Waals surface area contributed by atoms with Crippen LogP contribution in [0.1, 0.15) is 43.5 Å². The summed E-state index contributed by atoms with van der Waals surface area (Å²) in [4.78, 5) is 14.2. The Balaban J connectivity index is 1.97. The van der Waals surface area contributed by atoms with Crippen LogP contribution in [-0.2, 0) is 0 Å². The lowest BCUT2D eigenvalue weighted by Gasteiger charge is -2.30. The largest absolute Gasteiger partial charge is 0.491 e. The number of likely N-dealkylation sites (tertiary alicyclic amines) is 1. The van der Waals surface area contributed by atoms with Gasteiger partial charge in [-0.3, -0.25) is 4.79 Å². The van der Waals surface area contributed by atoms with Gasteiger partial charge in [0.05, 0.1) is 6.10 Å². The number of ether oxygens (including phenoxy) is 1. The molecular formula is C16H24N2O2. The molecule has 1 heterocycles. The van der Waals surface area contributed by atoms with Crippen molar-refractivity contribution in [1.29, 1.82) is 0 Å². The maximum Gasteiger partial charge on any atom is 0.253 e. The molecule has 110 valence electrons. The zero-order valence-electron chi connectivity index (χ0n) is 12.3. The van der Waals surface area contributed by atoms with Crippen LogP contribution in [0.5, 0.6) is 5.75 Å². The molecule has 1 unspecified atom stereocenters. The fraction of sp³-hybridized carbons (Fsp3) is 0.562. The topological polar surface area (TPSA) is 55.6 Å². The standard InChI is InChI=1S/C16H24N2O2/c1-3-12(2)20-15-6-4-13(5-7-15)16(19)18-10-8-14(17)9-11-18/h4-7,12,14H,3,8-11,17H2,1-2H3. The van der Waals surface area contributed by atoms with Crippen molar-refractivity contribution >= 4 is 5.91 Å². The Bertz CT molecular complexity index is 436. The third-order valence-electron chi connectivity index (χ3n) is 3.84. The molecule has 1 aliphatic rings. The summed E-state index contributed by atoms with van der Waals surface area (Å²) in [5.74, 6) is 0.906.